The molecular weight excluding hydrogens is 409 g/mol. The molecule has 2 aromatic rings. The minimum absolute atomic E-state index is 0.0665. The Morgan fingerprint density at radius 1 is 1.16 bits per heavy atom. The molecule has 0 radical (unpaired) electrons. The maximum absolute atomic E-state index is 13.4. The normalized spacial score (nSPS) is 23.5. The highest BCUT2D eigenvalue weighted by atomic mass is 19.4. The van der Waals surface area contributed by atoms with Gasteiger partial charge < -0.3 is 15.2 Å². The SMILES string of the molecule is COc1ccc(NCN2C[C@H]3C[C@@H](c4ccccc4C(F)(F)F)C[C@H]3C2)c(C(=O)O)c1. The highest BCUT2D eigenvalue weighted by Gasteiger charge is 2.43. The van der Waals surface area contributed by atoms with Crippen LogP contribution in [0.4, 0.5) is 18.9 Å². The second kappa shape index (κ2) is 8.42. The Labute approximate surface area is 178 Å². The number of carboxylic acids is 1. The van der Waals surface area contributed by atoms with Gasteiger partial charge in [0.25, 0.3) is 0 Å². The van der Waals surface area contributed by atoms with Gasteiger partial charge in [-0.1, -0.05) is 18.2 Å². The number of aromatic carboxylic acids is 1. The van der Waals surface area contributed by atoms with Gasteiger partial charge in [-0.25, -0.2) is 4.79 Å². The van der Waals surface area contributed by atoms with E-state index in [1.54, 1.807) is 24.3 Å². The number of benzene rings is 2. The van der Waals surface area contributed by atoms with Gasteiger partial charge in [-0.3, -0.25) is 4.90 Å². The third kappa shape index (κ3) is 4.49. The average molecular weight is 434 g/mol. The van der Waals surface area contributed by atoms with Crippen molar-refractivity contribution in [3.8, 4) is 5.75 Å². The van der Waals surface area contributed by atoms with Crippen molar-refractivity contribution in [1.82, 2.24) is 4.90 Å². The molecule has 2 fully saturated rings. The minimum atomic E-state index is -4.33. The van der Waals surface area contributed by atoms with Crippen LogP contribution in [0.3, 0.4) is 0 Å². The molecule has 2 N–H and O–H groups in total. The third-order valence-corrected chi connectivity index (χ3v) is 6.48. The van der Waals surface area contributed by atoms with Crippen LogP contribution in [0, 0.1) is 11.8 Å². The van der Waals surface area contributed by atoms with Gasteiger partial charge in [-0.15, -0.1) is 0 Å². The first kappa shape index (κ1) is 21.5. The van der Waals surface area contributed by atoms with Crippen molar-refractivity contribution >= 4 is 11.7 Å². The standard InChI is InChI=1S/C23H25F3N2O3/c1-31-17-6-7-21(19(10-17)22(29)30)27-13-28-11-15-8-14(9-16(15)12-28)18-4-2-3-5-20(18)23(24,25)26/h2-7,10,14-16,27H,8-9,11-13H2,1H3,(H,29,30)/t14-,15-,16+. The van der Waals surface area contributed by atoms with Gasteiger partial charge in [0.05, 0.1) is 24.9 Å². The predicted molar refractivity (Wildman–Crippen MR) is 110 cm³/mol. The zero-order valence-corrected chi connectivity index (χ0v) is 17.2. The molecule has 1 saturated heterocycles. The fraction of sp³-hybridized carbons (Fsp3) is 0.435. The summed E-state index contributed by atoms with van der Waals surface area (Å²) in [6.45, 7) is 2.07. The van der Waals surface area contributed by atoms with E-state index in [4.69, 9.17) is 4.74 Å². The molecule has 2 aromatic carbocycles. The molecule has 4 rings (SSSR count). The number of carbonyl (C=O) groups is 1. The number of nitrogens with one attached hydrogen (secondary N) is 1. The number of alkyl halides is 3. The van der Waals surface area contributed by atoms with E-state index < -0.39 is 17.7 Å². The first-order valence-electron chi connectivity index (χ1n) is 10.3. The number of hydrogen-bond donors (Lipinski definition) is 2. The summed E-state index contributed by atoms with van der Waals surface area (Å²) in [5.74, 6) is 0.0728. The third-order valence-electron chi connectivity index (χ3n) is 6.48. The summed E-state index contributed by atoms with van der Waals surface area (Å²) in [5.41, 5.74) is 0.558. The second-order valence-electron chi connectivity index (χ2n) is 8.36. The van der Waals surface area contributed by atoms with E-state index in [1.165, 1.54) is 25.3 Å². The zero-order valence-electron chi connectivity index (χ0n) is 17.2. The molecule has 166 valence electrons. The van der Waals surface area contributed by atoms with E-state index >= 15 is 0 Å². The van der Waals surface area contributed by atoms with Crippen LogP contribution >= 0.6 is 0 Å². The zero-order chi connectivity index (χ0) is 22.2. The number of halogens is 3. The molecule has 0 aromatic heterocycles. The van der Waals surface area contributed by atoms with Gasteiger partial charge in [0.2, 0.25) is 0 Å². The summed E-state index contributed by atoms with van der Waals surface area (Å²) in [4.78, 5) is 13.7. The molecule has 0 bridgehead atoms. The van der Waals surface area contributed by atoms with Crippen LogP contribution in [0.1, 0.15) is 40.2 Å². The maximum Gasteiger partial charge on any atom is 0.416 e. The highest BCUT2D eigenvalue weighted by Crippen LogP contribution is 2.48. The summed E-state index contributed by atoms with van der Waals surface area (Å²) in [6, 6.07) is 10.8. The number of ether oxygens (including phenoxy) is 1. The molecule has 0 amide bonds. The van der Waals surface area contributed by atoms with Crippen LogP contribution in [0.5, 0.6) is 5.75 Å². The van der Waals surface area contributed by atoms with Crippen molar-refractivity contribution in [3.63, 3.8) is 0 Å². The summed E-state index contributed by atoms with van der Waals surface area (Å²) in [5, 5.41) is 12.6. The Balaban J connectivity index is 1.38. The van der Waals surface area contributed by atoms with Gasteiger partial charge in [0, 0.05) is 18.8 Å². The molecule has 0 spiro atoms. The van der Waals surface area contributed by atoms with E-state index in [9.17, 15) is 23.1 Å². The highest BCUT2D eigenvalue weighted by molar-refractivity contribution is 5.94. The van der Waals surface area contributed by atoms with Crippen molar-refractivity contribution in [3.05, 3.63) is 59.2 Å². The summed E-state index contributed by atoms with van der Waals surface area (Å²) >= 11 is 0. The lowest BCUT2D eigenvalue weighted by Gasteiger charge is -2.22. The number of fused-ring (bicyclic) bond motifs is 1. The van der Waals surface area contributed by atoms with Gasteiger partial charge >= 0.3 is 12.1 Å². The Kier molecular flexibility index (Phi) is 5.83. The smallest absolute Gasteiger partial charge is 0.416 e. The Hall–Kier alpha value is -2.74. The average Bonchev–Trinajstić information content (AvgIpc) is 3.30. The van der Waals surface area contributed by atoms with E-state index in [0.29, 0.717) is 35.5 Å². The first-order valence-corrected chi connectivity index (χ1v) is 10.3. The van der Waals surface area contributed by atoms with Crippen molar-refractivity contribution in [2.24, 2.45) is 11.8 Å². The first-order chi connectivity index (χ1) is 14.8. The molecule has 5 nitrogen and oxygen atoms in total. The number of hydrogen-bond acceptors (Lipinski definition) is 4. The topological polar surface area (TPSA) is 61.8 Å². The number of likely N-dealkylation sites (tertiary alicyclic amines) is 1. The minimum Gasteiger partial charge on any atom is -0.497 e. The molecule has 2 aliphatic rings. The molecular formula is C23H25F3N2O3. The molecule has 3 atom stereocenters. The van der Waals surface area contributed by atoms with Crippen molar-refractivity contribution in [2.45, 2.75) is 24.9 Å². The van der Waals surface area contributed by atoms with E-state index in [0.717, 1.165) is 25.9 Å². The largest absolute Gasteiger partial charge is 0.497 e. The molecule has 31 heavy (non-hydrogen) atoms. The molecule has 1 heterocycles. The lowest BCUT2D eigenvalue weighted by molar-refractivity contribution is -0.138. The van der Waals surface area contributed by atoms with Crippen molar-refractivity contribution < 1.29 is 27.8 Å². The molecule has 8 heteroatoms. The number of methoxy groups -OCH3 is 1. The summed E-state index contributed by atoms with van der Waals surface area (Å²) < 4.78 is 45.3. The molecule has 1 saturated carbocycles. The van der Waals surface area contributed by atoms with E-state index in [1.807, 2.05) is 0 Å². The Morgan fingerprint density at radius 2 is 1.84 bits per heavy atom. The lowest BCUT2D eigenvalue weighted by Crippen LogP contribution is -2.29. The van der Waals surface area contributed by atoms with Crippen LogP contribution < -0.4 is 10.1 Å². The van der Waals surface area contributed by atoms with E-state index in [2.05, 4.69) is 10.2 Å². The van der Waals surface area contributed by atoms with Crippen LogP contribution in [-0.4, -0.2) is 42.8 Å². The monoisotopic (exact) mass is 434 g/mol. The Bertz CT molecular complexity index is 949. The molecule has 0 unspecified atom stereocenters. The molecule has 1 aliphatic heterocycles. The van der Waals surface area contributed by atoms with Gasteiger partial charge in [-0.05, 0) is 60.4 Å². The predicted octanol–water partition coefficient (Wildman–Crippen LogP) is 4.91. The number of nitrogens with zero attached hydrogens (tertiary/aromatic N) is 1. The summed E-state index contributed by atoms with van der Waals surface area (Å²) in [7, 11) is 1.48. The van der Waals surface area contributed by atoms with Gasteiger partial charge in [0.1, 0.15) is 5.75 Å². The van der Waals surface area contributed by atoms with Crippen LogP contribution in [0.15, 0.2) is 42.5 Å². The number of rotatable bonds is 6. The number of anilines is 1. The van der Waals surface area contributed by atoms with E-state index in [-0.39, 0.29) is 11.5 Å². The Morgan fingerprint density at radius 3 is 2.45 bits per heavy atom. The van der Waals surface area contributed by atoms with Gasteiger partial charge in [-0.2, -0.15) is 13.2 Å². The van der Waals surface area contributed by atoms with Crippen LogP contribution in [0.2, 0.25) is 0 Å². The fourth-order valence-electron chi connectivity index (χ4n) is 5.07. The fourth-order valence-corrected chi connectivity index (χ4v) is 5.07. The number of carboxylic acid groups (broad SMARTS) is 1. The quantitative estimate of drug-likeness (QED) is 0.677. The lowest BCUT2D eigenvalue weighted by atomic mass is 9.91. The van der Waals surface area contributed by atoms with Crippen molar-refractivity contribution in [2.75, 3.05) is 32.2 Å². The van der Waals surface area contributed by atoms with Crippen molar-refractivity contribution in [1.29, 1.82) is 0 Å². The van der Waals surface area contributed by atoms with Crippen LogP contribution in [0.25, 0.3) is 0 Å². The van der Waals surface area contributed by atoms with Crippen LogP contribution in [-0.2, 0) is 6.18 Å². The molecule has 1 aliphatic carbocycles. The maximum atomic E-state index is 13.4. The summed E-state index contributed by atoms with van der Waals surface area (Å²) in [6.07, 6.45) is -2.83. The second-order valence-corrected chi connectivity index (χ2v) is 8.36. The van der Waals surface area contributed by atoms with Gasteiger partial charge in [0.15, 0.2) is 0 Å².